The van der Waals surface area contributed by atoms with E-state index in [-0.39, 0.29) is 5.92 Å². The van der Waals surface area contributed by atoms with Crippen LogP contribution in [0.25, 0.3) is 78.5 Å². The Morgan fingerprint density at radius 2 is 1.58 bits per heavy atom. The fourth-order valence-corrected chi connectivity index (χ4v) is 10.9. The van der Waals surface area contributed by atoms with Gasteiger partial charge in [-0.1, -0.05) is 116 Å². The molecule has 4 nitrogen and oxygen atoms in total. The number of thioether (sulfide) groups is 1. The third-order valence-corrected chi connectivity index (χ3v) is 13.7. The maximum Gasteiger partial charge on any atom is 0.161 e. The smallest absolute Gasteiger partial charge is 0.161 e. The molecule has 2 aromatic heterocycles. The molecule has 5 heteroatoms. The van der Waals surface area contributed by atoms with Crippen LogP contribution in [0.4, 0.5) is 0 Å². The van der Waals surface area contributed by atoms with E-state index in [1.807, 2.05) is 42.1 Å². The van der Waals surface area contributed by atoms with Gasteiger partial charge in [0.2, 0.25) is 0 Å². The standard InChI is InChI=1S/C52H32N4S/c1-52(2)42-27-35(31-17-15-30(29-53)16-18-31)19-22-39(42)49-48(52)51(55-50(54-49)36-21-24-46-40(26-36)38-13-7-8-14-45(38)57-46)56-43-23-20-32-9-5-6-12-37(32)47(43)41-25-33-10-3-4-11-34(33)28-44(41)56/h3-4,7-28,40,46H,1-2H3. The Morgan fingerprint density at radius 1 is 0.789 bits per heavy atom. The van der Waals surface area contributed by atoms with E-state index in [1.165, 1.54) is 37.6 Å². The molecule has 0 amide bonds. The Labute approximate surface area is 334 Å². The van der Waals surface area contributed by atoms with E-state index < -0.39 is 5.41 Å². The number of allylic oxidation sites excluding steroid dienone is 3. The van der Waals surface area contributed by atoms with E-state index in [0.717, 1.165) is 67.3 Å². The molecule has 3 aliphatic carbocycles. The zero-order valence-corrected chi connectivity index (χ0v) is 32.0. The van der Waals surface area contributed by atoms with E-state index in [1.54, 1.807) is 0 Å². The summed E-state index contributed by atoms with van der Waals surface area (Å²) >= 11 is 1.94. The molecular weight excluding hydrogens is 713 g/mol. The molecule has 12 rings (SSSR count). The van der Waals surface area contributed by atoms with E-state index >= 15 is 0 Å². The first kappa shape index (κ1) is 32.3. The highest BCUT2D eigenvalue weighted by Crippen LogP contribution is 2.54. The minimum Gasteiger partial charge on any atom is -0.293 e. The van der Waals surface area contributed by atoms with Gasteiger partial charge in [-0.2, -0.15) is 5.26 Å². The van der Waals surface area contributed by atoms with Crippen LogP contribution in [-0.2, 0) is 5.41 Å². The van der Waals surface area contributed by atoms with E-state index in [4.69, 9.17) is 9.97 Å². The number of nitrogens with zero attached hydrogens (tertiary/aromatic N) is 4. The molecule has 57 heavy (non-hydrogen) atoms. The number of hydrogen-bond donors (Lipinski definition) is 0. The van der Waals surface area contributed by atoms with Crippen LogP contribution in [0.2, 0.25) is 0 Å². The van der Waals surface area contributed by atoms with Crippen molar-refractivity contribution >= 4 is 62.1 Å². The maximum absolute atomic E-state index is 9.46. The molecule has 1 aliphatic heterocycles. The van der Waals surface area contributed by atoms with Gasteiger partial charge in [-0.15, -0.1) is 11.8 Å². The first-order valence-electron chi connectivity index (χ1n) is 19.4. The van der Waals surface area contributed by atoms with Gasteiger partial charge in [-0.3, -0.25) is 4.57 Å². The summed E-state index contributed by atoms with van der Waals surface area (Å²) in [6.07, 6.45) is 11.1. The number of aromatic nitrogens is 3. The van der Waals surface area contributed by atoms with Crippen LogP contribution in [0.5, 0.6) is 0 Å². The molecule has 2 atom stereocenters. The van der Waals surface area contributed by atoms with E-state index in [0.29, 0.717) is 10.8 Å². The number of rotatable bonds is 3. The molecule has 0 spiro atoms. The molecular formula is C52H32N4S. The molecule has 4 aliphatic rings. The van der Waals surface area contributed by atoms with Crippen LogP contribution < -0.4 is 0 Å². The highest BCUT2D eigenvalue weighted by Gasteiger charge is 2.42. The molecule has 0 fully saturated rings. The van der Waals surface area contributed by atoms with Gasteiger partial charge in [0, 0.05) is 54.5 Å². The highest BCUT2D eigenvalue weighted by molar-refractivity contribution is 8.00. The molecule has 0 N–H and O–H groups in total. The van der Waals surface area contributed by atoms with Crippen molar-refractivity contribution in [1.82, 2.24) is 14.5 Å². The summed E-state index contributed by atoms with van der Waals surface area (Å²) in [4.78, 5) is 12.6. The van der Waals surface area contributed by atoms with Crippen LogP contribution in [0.1, 0.15) is 59.0 Å². The minimum absolute atomic E-state index is 0.254. The molecule has 0 saturated heterocycles. The minimum atomic E-state index is -0.441. The number of fused-ring (bicyclic) bond motifs is 12. The monoisotopic (exact) mass is 744 g/mol. The molecule has 8 aromatic rings. The second kappa shape index (κ2) is 11.8. The molecule has 3 heterocycles. The summed E-state index contributed by atoms with van der Waals surface area (Å²) in [5.74, 6) is 1.88. The Morgan fingerprint density at radius 3 is 2.44 bits per heavy atom. The number of hydrogen-bond acceptors (Lipinski definition) is 4. The topological polar surface area (TPSA) is 54.5 Å². The zero-order chi connectivity index (χ0) is 38.0. The van der Waals surface area contributed by atoms with Crippen LogP contribution in [0, 0.1) is 11.3 Å². The molecule has 266 valence electrons. The van der Waals surface area contributed by atoms with Gasteiger partial charge in [0.1, 0.15) is 5.82 Å². The number of benzene rings is 6. The summed E-state index contributed by atoms with van der Waals surface area (Å²) in [5.41, 5.74) is 20.1. The van der Waals surface area contributed by atoms with Gasteiger partial charge in [0.25, 0.3) is 0 Å². The first-order chi connectivity index (χ1) is 27.9. The predicted octanol–water partition coefficient (Wildman–Crippen LogP) is 12.6. The molecule has 0 bridgehead atoms. The Kier molecular flexibility index (Phi) is 6.69. The third kappa shape index (κ3) is 4.64. The summed E-state index contributed by atoms with van der Waals surface area (Å²) in [7, 11) is 0. The molecule has 0 radical (unpaired) electrons. The van der Waals surface area contributed by atoms with Gasteiger partial charge in [0.05, 0.1) is 28.4 Å². The van der Waals surface area contributed by atoms with Crippen LogP contribution in [0.15, 0.2) is 150 Å². The van der Waals surface area contributed by atoms with Gasteiger partial charge in [-0.25, -0.2) is 9.97 Å². The van der Waals surface area contributed by atoms with Crippen molar-refractivity contribution in [3.63, 3.8) is 0 Å². The van der Waals surface area contributed by atoms with Crippen LogP contribution in [-0.4, -0.2) is 19.8 Å². The summed E-state index contributed by atoms with van der Waals surface area (Å²) in [6.45, 7) is 4.63. The van der Waals surface area contributed by atoms with Crippen LogP contribution >= 0.6 is 11.8 Å². The fourth-order valence-electron chi connectivity index (χ4n) is 9.61. The lowest BCUT2D eigenvalue weighted by Crippen LogP contribution is -2.20. The number of nitriles is 1. The van der Waals surface area contributed by atoms with Crippen molar-refractivity contribution in [1.29, 1.82) is 5.26 Å². The summed E-state index contributed by atoms with van der Waals surface area (Å²) in [6, 6.07) is 43.4. The Hall–Kier alpha value is -6.92. The highest BCUT2D eigenvalue weighted by atomic mass is 32.2. The van der Waals surface area contributed by atoms with E-state index in [9.17, 15) is 5.26 Å². The second-order valence-corrected chi connectivity index (χ2v) is 17.1. The van der Waals surface area contributed by atoms with Crippen molar-refractivity contribution in [3.05, 3.63) is 184 Å². The Bertz CT molecular complexity index is 3340. The lowest BCUT2D eigenvalue weighted by Gasteiger charge is -2.25. The second-order valence-electron chi connectivity index (χ2n) is 15.9. The maximum atomic E-state index is 9.46. The average Bonchev–Trinajstić information content (AvgIpc) is 3.87. The van der Waals surface area contributed by atoms with Crippen molar-refractivity contribution in [3.8, 4) is 34.3 Å². The van der Waals surface area contributed by atoms with Gasteiger partial charge < -0.3 is 0 Å². The van der Waals surface area contributed by atoms with Gasteiger partial charge >= 0.3 is 0 Å². The normalized spacial score (nSPS) is 17.7. The lowest BCUT2D eigenvalue weighted by molar-refractivity contribution is 0.650. The Balaban J connectivity index is 1.16. The van der Waals surface area contributed by atoms with Crippen molar-refractivity contribution in [2.45, 2.75) is 35.3 Å². The van der Waals surface area contributed by atoms with E-state index in [2.05, 4.69) is 151 Å². The lowest BCUT2D eigenvalue weighted by atomic mass is 9.81. The predicted molar refractivity (Wildman–Crippen MR) is 233 cm³/mol. The molecule has 6 aromatic carbocycles. The largest absolute Gasteiger partial charge is 0.293 e. The summed E-state index contributed by atoms with van der Waals surface area (Å²) < 4.78 is 2.41. The van der Waals surface area contributed by atoms with Gasteiger partial charge in [0.15, 0.2) is 5.82 Å². The quantitative estimate of drug-likeness (QED) is 0.169. The molecule has 2 unspecified atom stereocenters. The SMILES string of the molecule is CC1(C)c2cc(-c3ccc(C#N)cc3)ccc2-c2nc(C3=CC4c5ccccc5SC4C=C3)nc(-n3c4cc5ccccc5cc4c4c5c(ccc43)C=C=C=C5)c21. The third-order valence-electron chi connectivity index (χ3n) is 12.4. The van der Waals surface area contributed by atoms with Gasteiger partial charge in [-0.05, 0) is 93.2 Å². The first-order valence-corrected chi connectivity index (χ1v) is 20.2. The fraction of sp³-hybridized carbons (Fsp3) is 0.0962. The molecule has 0 saturated carbocycles. The van der Waals surface area contributed by atoms with Crippen molar-refractivity contribution in [2.75, 3.05) is 0 Å². The van der Waals surface area contributed by atoms with Crippen molar-refractivity contribution in [2.24, 2.45) is 0 Å². The van der Waals surface area contributed by atoms with Crippen LogP contribution in [0.3, 0.4) is 0 Å². The summed E-state index contributed by atoms with van der Waals surface area (Å²) in [5, 5.41) is 14.6. The average molecular weight is 745 g/mol. The zero-order valence-electron chi connectivity index (χ0n) is 31.2. The van der Waals surface area contributed by atoms with Crippen molar-refractivity contribution < 1.29 is 0 Å².